The molecule has 1 saturated heterocycles. The van der Waals surface area contributed by atoms with Gasteiger partial charge in [0.05, 0.1) is 5.41 Å². The Balaban J connectivity index is 2.13. The molecule has 1 aromatic rings. The summed E-state index contributed by atoms with van der Waals surface area (Å²) in [5, 5.41) is 15.0. The quantitative estimate of drug-likeness (QED) is 0.408. The van der Waals surface area contributed by atoms with Gasteiger partial charge in [0, 0.05) is 5.56 Å². The van der Waals surface area contributed by atoms with Crippen LogP contribution in [0.1, 0.15) is 29.5 Å². The third-order valence-corrected chi connectivity index (χ3v) is 4.67. The molecule has 2 aliphatic carbocycles. The molecule has 5 heteroatoms. The Labute approximate surface area is 109 Å². The van der Waals surface area contributed by atoms with Gasteiger partial charge in [0.25, 0.3) is 0 Å². The van der Waals surface area contributed by atoms with Crippen LogP contribution in [0.4, 0.5) is 0 Å². The number of carbonyl (C=O) groups excluding carboxylic acids is 2. The Morgan fingerprint density at radius 3 is 3.00 bits per heavy atom. The SMILES string of the molecule is O=C1NC(=O)[C@]23CCCc4cccc(c42)/C(=N\O)[C@@H]13. The predicted molar refractivity (Wildman–Crippen MR) is 66.0 cm³/mol. The lowest BCUT2D eigenvalue weighted by Gasteiger charge is -2.31. The molecule has 1 heterocycles. The van der Waals surface area contributed by atoms with E-state index in [1.807, 2.05) is 18.2 Å². The van der Waals surface area contributed by atoms with Crippen molar-refractivity contribution in [2.45, 2.75) is 24.7 Å². The van der Waals surface area contributed by atoms with Crippen LogP contribution < -0.4 is 5.32 Å². The highest BCUT2D eigenvalue weighted by Gasteiger charge is 2.64. The lowest BCUT2D eigenvalue weighted by Crippen LogP contribution is -2.40. The van der Waals surface area contributed by atoms with Gasteiger partial charge in [-0.2, -0.15) is 0 Å². The summed E-state index contributed by atoms with van der Waals surface area (Å²) in [7, 11) is 0. The molecule has 0 unspecified atom stereocenters. The van der Waals surface area contributed by atoms with Crippen LogP contribution in [0.3, 0.4) is 0 Å². The molecular weight excluding hydrogens is 244 g/mol. The van der Waals surface area contributed by atoms with E-state index in [4.69, 9.17) is 0 Å². The molecule has 0 aromatic heterocycles. The smallest absolute Gasteiger partial charge is 0.238 e. The summed E-state index contributed by atoms with van der Waals surface area (Å²) in [6, 6.07) is 5.72. The Morgan fingerprint density at radius 1 is 1.37 bits per heavy atom. The summed E-state index contributed by atoms with van der Waals surface area (Å²) in [6.45, 7) is 0. The van der Waals surface area contributed by atoms with Crippen molar-refractivity contribution in [1.82, 2.24) is 5.32 Å². The Hall–Kier alpha value is -2.17. The van der Waals surface area contributed by atoms with Crippen molar-refractivity contribution in [2.24, 2.45) is 11.1 Å². The van der Waals surface area contributed by atoms with Crippen LogP contribution in [0.2, 0.25) is 0 Å². The van der Waals surface area contributed by atoms with Crippen LogP contribution in [0.5, 0.6) is 0 Å². The van der Waals surface area contributed by atoms with E-state index >= 15 is 0 Å². The van der Waals surface area contributed by atoms with Crippen LogP contribution >= 0.6 is 0 Å². The second kappa shape index (κ2) is 3.23. The van der Waals surface area contributed by atoms with E-state index in [9.17, 15) is 14.8 Å². The van der Waals surface area contributed by atoms with Crippen molar-refractivity contribution in [3.8, 4) is 0 Å². The molecule has 1 spiro atoms. The molecule has 5 nitrogen and oxygen atoms in total. The first-order valence-corrected chi connectivity index (χ1v) is 6.40. The molecule has 1 fully saturated rings. The molecule has 2 atom stereocenters. The van der Waals surface area contributed by atoms with Crippen molar-refractivity contribution < 1.29 is 14.8 Å². The summed E-state index contributed by atoms with van der Waals surface area (Å²) in [4.78, 5) is 24.4. The second-order valence-electron chi connectivity index (χ2n) is 5.40. The maximum Gasteiger partial charge on any atom is 0.238 e. The fourth-order valence-electron chi connectivity index (χ4n) is 4.02. The van der Waals surface area contributed by atoms with E-state index in [1.165, 1.54) is 0 Å². The third-order valence-electron chi connectivity index (χ3n) is 4.67. The van der Waals surface area contributed by atoms with Gasteiger partial charge in [-0.05, 0) is 30.4 Å². The van der Waals surface area contributed by atoms with Gasteiger partial charge in [-0.15, -0.1) is 0 Å². The summed E-state index contributed by atoms with van der Waals surface area (Å²) >= 11 is 0. The van der Waals surface area contributed by atoms with E-state index in [-0.39, 0.29) is 11.8 Å². The van der Waals surface area contributed by atoms with Gasteiger partial charge < -0.3 is 5.21 Å². The molecule has 0 saturated carbocycles. The molecule has 19 heavy (non-hydrogen) atoms. The number of benzene rings is 1. The Kier molecular flexibility index (Phi) is 1.82. The molecule has 96 valence electrons. The standard InChI is InChI=1S/C14H12N2O3/c17-12-10-11(16-19)8-5-1-3-7-4-2-6-14(10,9(7)8)13(18)15-12/h1,3,5,10,19H,2,4,6H2,(H,15,17,18)/b16-11+/t10-,14+/m0/s1. The van der Waals surface area contributed by atoms with E-state index < -0.39 is 11.3 Å². The molecule has 1 aromatic carbocycles. The van der Waals surface area contributed by atoms with Gasteiger partial charge in [0.1, 0.15) is 11.6 Å². The fourth-order valence-corrected chi connectivity index (χ4v) is 4.02. The maximum absolute atomic E-state index is 12.4. The topological polar surface area (TPSA) is 78.8 Å². The molecule has 3 aliphatic rings. The van der Waals surface area contributed by atoms with Gasteiger partial charge in [0.2, 0.25) is 11.8 Å². The fraction of sp³-hybridized carbons (Fsp3) is 0.357. The van der Waals surface area contributed by atoms with Crippen molar-refractivity contribution in [1.29, 1.82) is 0 Å². The molecule has 4 rings (SSSR count). The first kappa shape index (κ1) is 10.7. The number of nitrogens with one attached hydrogen (secondary N) is 1. The minimum Gasteiger partial charge on any atom is -0.411 e. The first-order valence-electron chi connectivity index (χ1n) is 6.40. The number of amides is 2. The minimum absolute atomic E-state index is 0.241. The summed E-state index contributed by atoms with van der Waals surface area (Å²) in [6.07, 6.45) is 2.41. The molecule has 1 aliphatic heterocycles. The monoisotopic (exact) mass is 256 g/mol. The number of imide groups is 1. The molecule has 2 amide bonds. The van der Waals surface area contributed by atoms with Crippen molar-refractivity contribution in [2.75, 3.05) is 0 Å². The maximum atomic E-state index is 12.4. The van der Waals surface area contributed by atoms with Gasteiger partial charge >= 0.3 is 0 Å². The largest absolute Gasteiger partial charge is 0.411 e. The van der Waals surface area contributed by atoms with E-state index in [2.05, 4.69) is 10.5 Å². The zero-order valence-electron chi connectivity index (χ0n) is 10.1. The Morgan fingerprint density at radius 2 is 2.21 bits per heavy atom. The van der Waals surface area contributed by atoms with Crippen molar-refractivity contribution in [3.63, 3.8) is 0 Å². The van der Waals surface area contributed by atoms with Gasteiger partial charge in [-0.25, -0.2) is 0 Å². The normalized spacial score (nSPS) is 33.3. The molecule has 2 N–H and O–H groups in total. The van der Waals surface area contributed by atoms with Gasteiger partial charge in [-0.3, -0.25) is 14.9 Å². The van der Waals surface area contributed by atoms with Crippen LogP contribution in [0.25, 0.3) is 0 Å². The predicted octanol–water partition coefficient (Wildman–Crippen LogP) is 0.725. The third kappa shape index (κ3) is 1.01. The number of carbonyl (C=O) groups is 2. The lowest BCUT2D eigenvalue weighted by atomic mass is 9.67. The highest BCUT2D eigenvalue weighted by molar-refractivity contribution is 6.29. The van der Waals surface area contributed by atoms with Crippen LogP contribution in [0.15, 0.2) is 23.4 Å². The van der Waals surface area contributed by atoms with Gasteiger partial charge in [0.15, 0.2) is 0 Å². The number of hydrogen-bond donors (Lipinski definition) is 2. The van der Waals surface area contributed by atoms with Crippen LogP contribution in [-0.2, 0) is 21.4 Å². The van der Waals surface area contributed by atoms with Crippen LogP contribution in [-0.4, -0.2) is 22.7 Å². The average molecular weight is 256 g/mol. The number of hydrogen-bond acceptors (Lipinski definition) is 4. The Bertz CT molecular complexity index is 665. The van der Waals surface area contributed by atoms with Crippen molar-refractivity contribution >= 4 is 17.5 Å². The van der Waals surface area contributed by atoms with Crippen molar-refractivity contribution in [3.05, 3.63) is 34.9 Å². The summed E-state index contributed by atoms with van der Waals surface area (Å²) in [5.74, 6) is -1.25. The zero-order chi connectivity index (χ0) is 13.2. The molecule has 0 radical (unpaired) electrons. The van der Waals surface area contributed by atoms with Crippen LogP contribution in [0, 0.1) is 5.92 Å². The first-order chi connectivity index (χ1) is 9.20. The zero-order valence-corrected chi connectivity index (χ0v) is 10.1. The average Bonchev–Trinajstić information content (AvgIpc) is 2.84. The van der Waals surface area contributed by atoms with E-state index in [0.717, 1.165) is 29.5 Å². The number of nitrogens with zero attached hydrogens (tertiary/aromatic N) is 1. The molecular formula is C14H12N2O3. The lowest BCUT2D eigenvalue weighted by molar-refractivity contribution is -0.126. The molecule has 0 bridgehead atoms. The highest BCUT2D eigenvalue weighted by atomic mass is 16.4. The number of oxime groups is 1. The summed E-state index contributed by atoms with van der Waals surface area (Å²) in [5.41, 5.74) is 2.26. The van der Waals surface area contributed by atoms with E-state index in [1.54, 1.807) is 0 Å². The highest BCUT2D eigenvalue weighted by Crippen LogP contribution is 2.53. The van der Waals surface area contributed by atoms with Gasteiger partial charge in [-0.1, -0.05) is 23.4 Å². The summed E-state index contributed by atoms with van der Waals surface area (Å²) < 4.78 is 0. The van der Waals surface area contributed by atoms with E-state index in [0.29, 0.717) is 12.1 Å². The number of rotatable bonds is 0. The minimum atomic E-state index is -0.831. The number of aryl methyl sites for hydroxylation is 1. The second-order valence-corrected chi connectivity index (χ2v) is 5.40.